The summed E-state index contributed by atoms with van der Waals surface area (Å²) in [7, 11) is 0. The highest BCUT2D eigenvalue weighted by Gasteiger charge is 2.45. The Hall–Kier alpha value is -1.69. The fourth-order valence-corrected chi connectivity index (χ4v) is 4.09. The van der Waals surface area contributed by atoms with E-state index in [1.54, 1.807) is 11.3 Å². The van der Waals surface area contributed by atoms with Crippen LogP contribution in [-0.2, 0) is 16.1 Å². The van der Waals surface area contributed by atoms with Gasteiger partial charge in [-0.1, -0.05) is 12.8 Å². The lowest BCUT2D eigenvalue weighted by atomic mass is 9.87. The summed E-state index contributed by atoms with van der Waals surface area (Å²) in [5.41, 5.74) is 0. The third-order valence-corrected chi connectivity index (χ3v) is 5.26. The van der Waals surface area contributed by atoms with Crippen molar-refractivity contribution in [2.75, 3.05) is 0 Å². The highest BCUT2D eigenvalue weighted by Crippen LogP contribution is 2.34. The van der Waals surface area contributed by atoms with Gasteiger partial charge in [0.05, 0.1) is 6.54 Å². The Kier molecular flexibility index (Phi) is 3.80. The first kappa shape index (κ1) is 14.3. The number of imide groups is 2. The van der Waals surface area contributed by atoms with E-state index < -0.39 is 17.9 Å². The number of aryl methyl sites for hydroxylation is 1. The van der Waals surface area contributed by atoms with E-state index in [1.165, 1.54) is 4.90 Å². The van der Waals surface area contributed by atoms with Crippen LogP contribution in [-0.4, -0.2) is 22.7 Å². The van der Waals surface area contributed by atoms with Crippen LogP contribution < -0.4 is 5.32 Å². The number of rotatable bonds is 3. The van der Waals surface area contributed by atoms with Crippen LogP contribution in [0.1, 0.15) is 35.4 Å². The molecule has 1 N–H and O–H groups in total. The molecule has 1 aromatic rings. The summed E-state index contributed by atoms with van der Waals surface area (Å²) in [6.45, 7) is 2.23. The summed E-state index contributed by atoms with van der Waals surface area (Å²) >= 11 is 1.56. The molecule has 1 saturated heterocycles. The molecule has 5 nitrogen and oxygen atoms in total. The first-order valence-electron chi connectivity index (χ1n) is 7.28. The maximum Gasteiger partial charge on any atom is 0.331 e. The van der Waals surface area contributed by atoms with Crippen molar-refractivity contribution < 1.29 is 14.4 Å². The number of barbiturate groups is 1. The van der Waals surface area contributed by atoms with Crippen LogP contribution in [0.2, 0.25) is 0 Å². The lowest BCUT2D eigenvalue weighted by Crippen LogP contribution is -2.58. The number of hydrogen-bond donors (Lipinski definition) is 1. The number of hydrogen-bond acceptors (Lipinski definition) is 4. The average Bonchev–Trinajstić information content (AvgIpc) is 3.06. The Bertz CT molecular complexity index is 589. The molecular formula is C15H18N2O3S. The number of carbonyl (C=O) groups excluding carboxylic acids is 3. The summed E-state index contributed by atoms with van der Waals surface area (Å²) in [5, 5.41) is 2.35. The van der Waals surface area contributed by atoms with E-state index in [2.05, 4.69) is 5.32 Å². The van der Waals surface area contributed by atoms with Crippen LogP contribution in [0.5, 0.6) is 0 Å². The average molecular weight is 306 g/mol. The van der Waals surface area contributed by atoms with Crippen molar-refractivity contribution in [3.05, 3.63) is 21.9 Å². The molecule has 0 spiro atoms. The van der Waals surface area contributed by atoms with Crippen molar-refractivity contribution >= 4 is 29.2 Å². The van der Waals surface area contributed by atoms with Crippen molar-refractivity contribution in [3.63, 3.8) is 0 Å². The molecule has 1 atom stereocenters. The lowest BCUT2D eigenvalue weighted by Gasteiger charge is -2.32. The number of nitrogens with one attached hydrogen (secondary N) is 1. The maximum atomic E-state index is 12.6. The highest BCUT2D eigenvalue weighted by atomic mass is 32.1. The van der Waals surface area contributed by atoms with E-state index >= 15 is 0 Å². The predicted octanol–water partition coefficient (Wildman–Crippen LogP) is 2.44. The molecule has 0 bridgehead atoms. The van der Waals surface area contributed by atoms with Gasteiger partial charge in [0.2, 0.25) is 11.8 Å². The minimum Gasteiger partial charge on any atom is -0.277 e. The smallest absolute Gasteiger partial charge is 0.277 e. The molecule has 2 fully saturated rings. The zero-order chi connectivity index (χ0) is 15.0. The molecule has 1 unspecified atom stereocenters. The first-order valence-corrected chi connectivity index (χ1v) is 8.09. The summed E-state index contributed by atoms with van der Waals surface area (Å²) in [6, 6.07) is 3.29. The van der Waals surface area contributed by atoms with Crippen LogP contribution in [0.4, 0.5) is 4.79 Å². The van der Waals surface area contributed by atoms with Crippen LogP contribution in [0.3, 0.4) is 0 Å². The zero-order valence-corrected chi connectivity index (χ0v) is 12.7. The predicted molar refractivity (Wildman–Crippen MR) is 78.6 cm³/mol. The molecule has 1 aliphatic heterocycles. The van der Waals surface area contributed by atoms with Gasteiger partial charge in [-0.2, -0.15) is 0 Å². The highest BCUT2D eigenvalue weighted by molar-refractivity contribution is 7.11. The fourth-order valence-electron chi connectivity index (χ4n) is 3.21. The second-order valence-corrected chi connectivity index (χ2v) is 7.13. The molecule has 0 aromatic carbocycles. The normalized spacial score (nSPS) is 23.8. The minimum atomic E-state index is -0.689. The quantitative estimate of drug-likeness (QED) is 0.872. The van der Waals surface area contributed by atoms with Crippen molar-refractivity contribution in [1.82, 2.24) is 10.2 Å². The number of urea groups is 1. The van der Waals surface area contributed by atoms with E-state index in [-0.39, 0.29) is 18.4 Å². The summed E-state index contributed by atoms with van der Waals surface area (Å²) in [5.74, 6) is -1.36. The van der Waals surface area contributed by atoms with Crippen molar-refractivity contribution in [3.8, 4) is 0 Å². The van der Waals surface area contributed by atoms with Gasteiger partial charge in [-0.3, -0.25) is 19.8 Å². The molecular weight excluding hydrogens is 288 g/mol. The van der Waals surface area contributed by atoms with Gasteiger partial charge in [0.25, 0.3) is 0 Å². The zero-order valence-electron chi connectivity index (χ0n) is 11.9. The molecule has 2 aliphatic rings. The van der Waals surface area contributed by atoms with Gasteiger partial charge in [0, 0.05) is 9.75 Å². The third-order valence-electron chi connectivity index (χ3n) is 4.27. The number of thiophene rings is 1. The standard InChI is InChI=1S/C15H18N2O3S/c1-9-6-7-11(21-9)8-17-14(19)12(10-4-2-3-5-10)13(18)16-15(17)20/h6-7,10,12H,2-5,8H2,1H3,(H,16,18,20). The van der Waals surface area contributed by atoms with Gasteiger partial charge in [-0.15, -0.1) is 11.3 Å². The van der Waals surface area contributed by atoms with E-state index in [0.29, 0.717) is 0 Å². The molecule has 1 saturated carbocycles. The first-order chi connectivity index (χ1) is 10.1. The van der Waals surface area contributed by atoms with Gasteiger partial charge in [-0.25, -0.2) is 4.79 Å². The van der Waals surface area contributed by atoms with Gasteiger partial charge in [0.15, 0.2) is 0 Å². The number of amides is 4. The molecule has 0 radical (unpaired) electrons. The van der Waals surface area contributed by atoms with Crippen molar-refractivity contribution in [2.45, 2.75) is 39.2 Å². The molecule has 4 amide bonds. The Balaban J connectivity index is 1.80. The van der Waals surface area contributed by atoms with Gasteiger partial charge < -0.3 is 0 Å². The molecule has 1 aliphatic carbocycles. The van der Waals surface area contributed by atoms with Crippen molar-refractivity contribution in [1.29, 1.82) is 0 Å². The second kappa shape index (κ2) is 5.60. The number of nitrogens with zero attached hydrogens (tertiary/aromatic N) is 1. The molecule has 1 aromatic heterocycles. The Morgan fingerprint density at radius 3 is 2.57 bits per heavy atom. The Morgan fingerprint density at radius 2 is 1.95 bits per heavy atom. The second-order valence-electron chi connectivity index (χ2n) is 5.75. The molecule has 112 valence electrons. The van der Waals surface area contributed by atoms with Crippen LogP contribution in [0, 0.1) is 18.8 Å². The van der Waals surface area contributed by atoms with Crippen LogP contribution in [0.15, 0.2) is 12.1 Å². The van der Waals surface area contributed by atoms with Crippen LogP contribution in [0.25, 0.3) is 0 Å². The topological polar surface area (TPSA) is 66.5 Å². The van der Waals surface area contributed by atoms with Gasteiger partial charge in [-0.05, 0) is 37.8 Å². The van der Waals surface area contributed by atoms with Gasteiger partial charge in [0.1, 0.15) is 5.92 Å². The van der Waals surface area contributed by atoms with Gasteiger partial charge >= 0.3 is 6.03 Å². The monoisotopic (exact) mass is 306 g/mol. The lowest BCUT2D eigenvalue weighted by molar-refractivity contribution is -0.145. The van der Waals surface area contributed by atoms with Crippen LogP contribution >= 0.6 is 11.3 Å². The molecule has 3 rings (SSSR count). The minimum absolute atomic E-state index is 0.0816. The number of carbonyl (C=O) groups is 3. The third kappa shape index (κ3) is 2.72. The SMILES string of the molecule is Cc1ccc(CN2C(=O)NC(=O)C(C3CCCC3)C2=O)s1. The maximum absolute atomic E-state index is 12.6. The largest absolute Gasteiger partial charge is 0.331 e. The summed E-state index contributed by atoms with van der Waals surface area (Å²) in [4.78, 5) is 39.9. The molecule has 6 heteroatoms. The fraction of sp³-hybridized carbons (Fsp3) is 0.533. The summed E-state index contributed by atoms with van der Waals surface area (Å²) in [6.07, 6.45) is 3.90. The molecule has 21 heavy (non-hydrogen) atoms. The Labute approximate surface area is 127 Å². The van der Waals surface area contributed by atoms with E-state index in [0.717, 1.165) is 35.4 Å². The van der Waals surface area contributed by atoms with E-state index in [1.807, 2.05) is 19.1 Å². The molecule has 2 heterocycles. The van der Waals surface area contributed by atoms with E-state index in [4.69, 9.17) is 0 Å². The Morgan fingerprint density at radius 1 is 1.24 bits per heavy atom. The van der Waals surface area contributed by atoms with E-state index in [9.17, 15) is 14.4 Å². The van der Waals surface area contributed by atoms with Crippen molar-refractivity contribution in [2.24, 2.45) is 11.8 Å². The summed E-state index contributed by atoms with van der Waals surface area (Å²) < 4.78 is 0.